The Bertz CT molecular complexity index is 394. The van der Waals surface area contributed by atoms with Gasteiger partial charge >= 0.3 is 12.0 Å². The van der Waals surface area contributed by atoms with E-state index in [1.54, 1.807) is 11.8 Å². The summed E-state index contributed by atoms with van der Waals surface area (Å²) >= 11 is 0. The van der Waals surface area contributed by atoms with Crippen LogP contribution in [0.1, 0.15) is 26.2 Å². The van der Waals surface area contributed by atoms with Gasteiger partial charge in [0.2, 0.25) is 5.91 Å². The van der Waals surface area contributed by atoms with Gasteiger partial charge in [0.15, 0.2) is 0 Å². The van der Waals surface area contributed by atoms with Gasteiger partial charge in [-0.2, -0.15) is 0 Å². The van der Waals surface area contributed by atoms with Crippen molar-refractivity contribution in [3.63, 3.8) is 0 Å². The molecule has 0 aromatic carbocycles. The Morgan fingerprint density at radius 3 is 2.74 bits per heavy atom. The Balaban J connectivity index is 2.01. The number of carbonyl (C=O) groups is 3. The first-order chi connectivity index (χ1) is 9.00. The first kappa shape index (κ1) is 13.6. The maximum Gasteiger partial charge on any atom is 0.321 e. The zero-order valence-corrected chi connectivity index (χ0v) is 11.0. The number of carbonyl (C=O) groups excluding carboxylic acids is 2. The highest BCUT2D eigenvalue weighted by Gasteiger charge is 2.38. The molecule has 2 rings (SSSR count). The molecular weight excluding hydrogens is 250 g/mol. The Morgan fingerprint density at radius 2 is 2.16 bits per heavy atom. The van der Waals surface area contributed by atoms with Crippen LogP contribution in [0.4, 0.5) is 4.79 Å². The number of carboxylic acid groups (broad SMARTS) is 1. The predicted octanol–water partition coefficient (Wildman–Crippen LogP) is -0.134. The number of hydrogen-bond acceptors (Lipinski definition) is 3. The van der Waals surface area contributed by atoms with Crippen LogP contribution in [0.25, 0.3) is 0 Å². The second-order valence-corrected chi connectivity index (χ2v) is 5.01. The molecule has 2 aliphatic rings. The fraction of sp³-hybridized carbons (Fsp3) is 0.750. The minimum Gasteiger partial charge on any atom is -0.481 e. The summed E-state index contributed by atoms with van der Waals surface area (Å²) < 4.78 is 0. The standard InChI is InChI=1S/C12H19N3O4/c1-8-11(18)13-5-7-14(8)12(19)15(9-2-3-9)6-4-10(16)17/h8-9H,2-7H2,1H3,(H,13,18)(H,16,17). The summed E-state index contributed by atoms with van der Waals surface area (Å²) in [6, 6.07) is -0.567. The number of piperazine rings is 1. The van der Waals surface area contributed by atoms with Crippen LogP contribution >= 0.6 is 0 Å². The zero-order chi connectivity index (χ0) is 14.0. The third-order valence-corrected chi connectivity index (χ3v) is 3.54. The number of urea groups is 1. The van der Waals surface area contributed by atoms with E-state index < -0.39 is 12.0 Å². The highest BCUT2D eigenvalue weighted by atomic mass is 16.4. The summed E-state index contributed by atoms with van der Waals surface area (Å²) in [6.07, 6.45) is 1.77. The van der Waals surface area contributed by atoms with Gasteiger partial charge in [0.25, 0.3) is 0 Å². The Morgan fingerprint density at radius 1 is 1.47 bits per heavy atom. The van der Waals surface area contributed by atoms with Crippen LogP contribution < -0.4 is 5.32 Å². The molecule has 1 atom stereocenters. The van der Waals surface area contributed by atoms with Crippen molar-refractivity contribution in [2.45, 2.75) is 38.3 Å². The third-order valence-electron chi connectivity index (χ3n) is 3.54. The first-order valence-electron chi connectivity index (χ1n) is 6.57. The van der Waals surface area contributed by atoms with E-state index in [-0.39, 0.29) is 30.9 Å². The van der Waals surface area contributed by atoms with Crippen molar-refractivity contribution in [3.8, 4) is 0 Å². The topological polar surface area (TPSA) is 90.0 Å². The van der Waals surface area contributed by atoms with Gasteiger partial charge < -0.3 is 20.2 Å². The lowest BCUT2D eigenvalue weighted by Gasteiger charge is -2.36. The van der Waals surface area contributed by atoms with E-state index >= 15 is 0 Å². The minimum atomic E-state index is -0.914. The van der Waals surface area contributed by atoms with Crippen molar-refractivity contribution in [2.75, 3.05) is 19.6 Å². The van der Waals surface area contributed by atoms with Crippen LogP contribution in [-0.2, 0) is 9.59 Å². The molecule has 0 radical (unpaired) electrons. The number of carboxylic acids is 1. The fourth-order valence-corrected chi connectivity index (χ4v) is 2.25. The lowest BCUT2D eigenvalue weighted by atomic mass is 10.2. The van der Waals surface area contributed by atoms with Gasteiger partial charge in [0, 0.05) is 25.7 Å². The monoisotopic (exact) mass is 269 g/mol. The molecule has 3 amide bonds. The quantitative estimate of drug-likeness (QED) is 0.743. The van der Waals surface area contributed by atoms with Crippen LogP contribution in [0.5, 0.6) is 0 Å². The molecule has 0 aromatic rings. The van der Waals surface area contributed by atoms with E-state index in [4.69, 9.17) is 5.11 Å². The summed E-state index contributed by atoms with van der Waals surface area (Å²) in [7, 11) is 0. The molecule has 1 aliphatic carbocycles. The normalized spacial score (nSPS) is 22.9. The molecule has 1 heterocycles. The van der Waals surface area contributed by atoms with E-state index in [9.17, 15) is 14.4 Å². The second kappa shape index (κ2) is 5.46. The second-order valence-electron chi connectivity index (χ2n) is 5.01. The molecule has 1 saturated carbocycles. The van der Waals surface area contributed by atoms with E-state index in [0.717, 1.165) is 12.8 Å². The van der Waals surface area contributed by atoms with Gasteiger partial charge in [-0.1, -0.05) is 0 Å². The molecular formula is C12H19N3O4. The lowest BCUT2D eigenvalue weighted by molar-refractivity contribution is -0.137. The summed E-state index contributed by atoms with van der Waals surface area (Å²) in [5, 5.41) is 11.4. The highest BCUT2D eigenvalue weighted by Crippen LogP contribution is 2.28. The zero-order valence-electron chi connectivity index (χ0n) is 11.0. The molecule has 2 N–H and O–H groups in total. The summed E-state index contributed by atoms with van der Waals surface area (Å²) in [5.41, 5.74) is 0. The maximum absolute atomic E-state index is 12.4. The number of hydrogen-bond donors (Lipinski definition) is 2. The number of aliphatic carboxylic acids is 1. The van der Waals surface area contributed by atoms with Crippen molar-refractivity contribution in [2.24, 2.45) is 0 Å². The van der Waals surface area contributed by atoms with Crippen molar-refractivity contribution >= 4 is 17.9 Å². The average molecular weight is 269 g/mol. The largest absolute Gasteiger partial charge is 0.481 e. The van der Waals surface area contributed by atoms with Gasteiger partial charge in [0.1, 0.15) is 6.04 Å². The molecule has 7 nitrogen and oxygen atoms in total. The molecule has 19 heavy (non-hydrogen) atoms. The van der Waals surface area contributed by atoms with E-state index in [1.807, 2.05) is 0 Å². The summed E-state index contributed by atoms with van der Waals surface area (Å²) in [5.74, 6) is -1.07. The molecule has 1 unspecified atom stereocenters. The number of rotatable bonds is 4. The molecule has 0 aromatic heterocycles. The molecule has 0 spiro atoms. The number of nitrogens with zero attached hydrogens (tertiary/aromatic N) is 2. The van der Waals surface area contributed by atoms with Gasteiger partial charge in [-0.3, -0.25) is 9.59 Å². The Hall–Kier alpha value is -1.79. The van der Waals surface area contributed by atoms with Gasteiger partial charge in [0.05, 0.1) is 6.42 Å². The summed E-state index contributed by atoms with van der Waals surface area (Å²) in [4.78, 5) is 37.8. The van der Waals surface area contributed by atoms with Crippen molar-refractivity contribution in [1.29, 1.82) is 0 Å². The van der Waals surface area contributed by atoms with Crippen LogP contribution in [0, 0.1) is 0 Å². The molecule has 1 aliphatic heterocycles. The van der Waals surface area contributed by atoms with E-state index in [2.05, 4.69) is 5.32 Å². The SMILES string of the molecule is CC1C(=O)NCCN1C(=O)N(CCC(=O)O)C1CC1. The molecule has 7 heteroatoms. The van der Waals surface area contributed by atoms with E-state index in [0.29, 0.717) is 13.1 Å². The van der Waals surface area contributed by atoms with Gasteiger partial charge in [-0.15, -0.1) is 0 Å². The van der Waals surface area contributed by atoms with Crippen molar-refractivity contribution in [3.05, 3.63) is 0 Å². The lowest BCUT2D eigenvalue weighted by Crippen LogP contribution is -2.59. The molecule has 106 valence electrons. The van der Waals surface area contributed by atoms with Crippen LogP contribution in [0.2, 0.25) is 0 Å². The van der Waals surface area contributed by atoms with Crippen LogP contribution in [-0.4, -0.2) is 64.5 Å². The minimum absolute atomic E-state index is 0.0589. The fourth-order valence-electron chi connectivity index (χ4n) is 2.25. The van der Waals surface area contributed by atoms with Crippen molar-refractivity contribution < 1.29 is 19.5 Å². The average Bonchev–Trinajstić information content (AvgIpc) is 3.17. The van der Waals surface area contributed by atoms with E-state index in [1.165, 1.54) is 4.90 Å². The predicted molar refractivity (Wildman–Crippen MR) is 66.6 cm³/mol. The van der Waals surface area contributed by atoms with Gasteiger partial charge in [-0.05, 0) is 19.8 Å². The third kappa shape index (κ3) is 3.15. The Labute approximate surface area is 111 Å². The first-order valence-corrected chi connectivity index (χ1v) is 6.57. The van der Waals surface area contributed by atoms with Crippen molar-refractivity contribution in [1.82, 2.24) is 15.1 Å². The highest BCUT2D eigenvalue weighted by molar-refractivity contribution is 5.88. The summed E-state index contributed by atoms with van der Waals surface area (Å²) in [6.45, 7) is 2.83. The molecule has 1 saturated heterocycles. The molecule has 0 bridgehead atoms. The smallest absolute Gasteiger partial charge is 0.321 e. The maximum atomic E-state index is 12.4. The number of nitrogens with one attached hydrogen (secondary N) is 1. The Kier molecular flexibility index (Phi) is 3.92. The van der Waals surface area contributed by atoms with Crippen LogP contribution in [0.15, 0.2) is 0 Å². The number of amides is 3. The molecule has 2 fully saturated rings. The van der Waals surface area contributed by atoms with Gasteiger partial charge in [-0.25, -0.2) is 4.79 Å². The van der Waals surface area contributed by atoms with Crippen LogP contribution in [0.3, 0.4) is 0 Å².